The smallest absolute Gasteiger partial charge is 0.323 e. The van der Waals surface area contributed by atoms with Crippen LogP contribution in [0.5, 0.6) is 0 Å². The minimum Gasteiger partial charge on any atom is -0.399 e. The first-order valence-corrected chi connectivity index (χ1v) is 5.44. The van der Waals surface area contributed by atoms with Crippen molar-refractivity contribution in [3.8, 4) is 0 Å². The van der Waals surface area contributed by atoms with Crippen LogP contribution in [-0.2, 0) is 0 Å². The number of nitrogen functional groups attached to an aromatic ring is 1. The first kappa shape index (κ1) is 12.8. The van der Waals surface area contributed by atoms with Crippen molar-refractivity contribution in [2.75, 3.05) is 16.4 Å². The Kier molecular flexibility index (Phi) is 3.61. The normalized spacial score (nSPS) is 10.0. The van der Waals surface area contributed by atoms with E-state index in [1.807, 2.05) is 0 Å². The number of hydrogen-bond donors (Lipinski definition) is 3. The van der Waals surface area contributed by atoms with E-state index < -0.39 is 17.7 Å². The third kappa shape index (κ3) is 3.19. The summed E-state index contributed by atoms with van der Waals surface area (Å²) in [4.78, 5) is 11.6. The van der Waals surface area contributed by atoms with Crippen molar-refractivity contribution in [1.82, 2.24) is 0 Å². The molecule has 0 bridgehead atoms. The van der Waals surface area contributed by atoms with Crippen LogP contribution in [0.15, 0.2) is 42.5 Å². The lowest BCUT2D eigenvalue weighted by molar-refractivity contribution is 0.262. The molecule has 0 radical (unpaired) electrons. The Morgan fingerprint density at radius 2 is 1.79 bits per heavy atom. The number of nitrogens with one attached hydrogen (secondary N) is 2. The molecule has 0 spiro atoms. The largest absolute Gasteiger partial charge is 0.399 e. The quantitative estimate of drug-likeness (QED) is 0.728. The number of rotatable bonds is 2. The Morgan fingerprint density at radius 1 is 1.05 bits per heavy atom. The van der Waals surface area contributed by atoms with Crippen molar-refractivity contribution < 1.29 is 13.6 Å². The van der Waals surface area contributed by atoms with Gasteiger partial charge in [0, 0.05) is 11.4 Å². The molecule has 19 heavy (non-hydrogen) atoms. The summed E-state index contributed by atoms with van der Waals surface area (Å²) >= 11 is 0. The molecule has 4 nitrogen and oxygen atoms in total. The van der Waals surface area contributed by atoms with E-state index in [1.54, 1.807) is 24.3 Å². The number of nitrogens with two attached hydrogens (primary N) is 1. The summed E-state index contributed by atoms with van der Waals surface area (Å²) in [6, 6.07) is 9.33. The van der Waals surface area contributed by atoms with Crippen LogP contribution < -0.4 is 16.4 Å². The van der Waals surface area contributed by atoms with Crippen molar-refractivity contribution >= 4 is 23.1 Å². The first-order valence-electron chi connectivity index (χ1n) is 5.44. The number of anilines is 3. The van der Waals surface area contributed by atoms with E-state index in [9.17, 15) is 13.6 Å². The van der Waals surface area contributed by atoms with Gasteiger partial charge in [0.2, 0.25) is 0 Å². The molecule has 2 aromatic rings. The van der Waals surface area contributed by atoms with Gasteiger partial charge < -0.3 is 16.4 Å². The standard InChI is InChI=1S/C13H11F2N3O/c14-10-5-2-6-11(12(10)15)18-13(19)17-9-4-1-3-8(16)7-9/h1-7H,16H2,(H2,17,18,19). The van der Waals surface area contributed by atoms with E-state index in [0.29, 0.717) is 11.4 Å². The summed E-state index contributed by atoms with van der Waals surface area (Å²) in [5, 5.41) is 4.67. The van der Waals surface area contributed by atoms with Crippen LogP contribution in [0, 0.1) is 11.6 Å². The molecule has 2 amide bonds. The molecule has 6 heteroatoms. The predicted molar refractivity (Wildman–Crippen MR) is 69.9 cm³/mol. The van der Waals surface area contributed by atoms with Crippen molar-refractivity contribution in [3.63, 3.8) is 0 Å². The average molecular weight is 263 g/mol. The zero-order valence-electron chi connectivity index (χ0n) is 9.78. The Balaban J connectivity index is 2.08. The van der Waals surface area contributed by atoms with Crippen molar-refractivity contribution in [2.24, 2.45) is 0 Å². The van der Waals surface area contributed by atoms with Gasteiger partial charge >= 0.3 is 6.03 Å². The molecule has 0 saturated heterocycles. The second kappa shape index (κ2) is 5.34. The number of carbonyl (C=O) groups is 1. The van der Waals surface area contributed by atoms with Gasteiger partial charge in [0.15, 0.2) is 11.6 Å². The second-order valence-corrected chi connectivity index (χ2v) is 3.81. The van der Waals surface area contributed by atoms with Gasteiger partial charge in [0.25, 0.3) is 0 Å². The minimum atomic E-state index is -1.11. The Hall–Kier alpha value is -2.63. The van der Waals surface area contributed by atoms with Crippen LogP contribution in [0.2, 0.25) is 0 Å². The summed E-state index contributed by atoms with van der Waals surface area (Å²) < 4.78 is 26.3. The summed E-state index contributed by atoms with van der Waals surface area (Å²) in [5.74, 6) is -2.13. The van der Waals surface area contributed by atoms with Gasteiger partial charge in [0.1, 0.15) is 0 Å². The third-order valence-electron chi connectivity index (χ3n) is 2.34. The van der Waals surface area contributed by atoms with E-state index in [-0.39, 0.29) is 5.69 Å². The Morgan fingerprint density at radius 3 is 2.53 bits per heavy atom. The monoisotopic (exact) mass is 263 g/mol. The fourth-order valence-electron chi connectivity index (χ4n) is 1.50. The van der Waals surface area contributed by atoms with E-state index >= 15 is 0 Å². The summed E-state index contributed by atoms with van der Waals surface area (Å²) in [6.45, 7) is 0. The lowest BCUT2D eigenvalue weighted by atomic mass is 10.3. The molecule has 0 atom stereocenters. The maximum Gasteiger partial charge on any atom is 0.323 e. The average Bonchev–Trinajstić information content (AvgIpc) is 2.35. The van der Waals surface area contributed by atoms with Crippen LogP contribution in [-0.4, -0.2) is 6.03 Å². The number of hydrogen-bond acceptors (Lipinski definition) is 2. The number of amides is 2. The maximum absolute atomic E-state index is 13.3. The number of benzene rings is 2. The van der Waals surface area contributed by atoms with E-state index in [0.717, 1.165) is 6.07 Å². The molecule has 2 rings (SSSR count). The first-order chi connectivity index (χ1) is 9.06. The molecular formula is C13H11F2N3O. The van der Waals surface area contributed by atoms with Crippen LogP contribution in [0.1, 0.15) is 0 Å². The molecule has 4 N–H and O–H groups in total. The highest BCUT2D eigenvalue weighted by Crippen LogP contribution is 2.17. The molecule has 0 aliphatic carbocycles. The predicted octanol–water partition coefficient (Wildman–Crippen LogP) is 3.19. The highest BCUT2D eigenvalue weighted by atomic mass is 19.2. The molecular weight excluding hydrogens is 252 g/mol. The Labute approximate surface area is 108 Å². The van der Waals surface area contributed by atoms with Gasteiger partial charge in [-0.25, -0.2) is 13.6 Å². The van der Waals surface area contributed by atoms with Crippen LogP contribution in [0.25, 0.3) is 0 Å². The second-order valence-electron chi connectivity index (χ2n) is 3.81. The van der Waals surface area contributed by atoms with E-state index in [1.165, 1.54) is 12.1 Å². The lowest BCUT2D eigenvalue weighted by Gasteiger charge is -2.09. The zero-order chi connectivity index (χ0) is 13.8. The van der Waals surface area contributed by atoms with Gasteiger partial charge in [-0.3, -0.25) is 0 Å². The zero-order valence-corrected chi connectivity index (χ0v) is 9.78. The van der Waals surface area contributed by atoms with Crippen molar-refractivity contribution in [3.05, 3.63) is 54.1 Å². The van der Waals surface area contributed by atoms with Gasteiger partial charge in [-0.2, -0.15) is 0 Å². The van der Waals surface area contributed by atoms with E-state index in [2.05, 4.69) is 10.6 Å². The van der Waals surface area contributed by atoms with Gasteiger partial charge in [0.05, 0.1) is 5.69 Å². The molecule has 0 aliphatic rings. The molecule has 0 fully saturated rings. The van der Waals surface area contributed by atoms with Gasteiger partial charge in [-0.1, -0.05) is 12.1 Å². The minimum absolute atomic E-state index is 0.235. The fourth-order valence-corrected chi connectivity index (χ4v) is 1.50. The highest BCUT2D eigenvalue weighted by molar-refractivity contribution is 6.00. The van der Waals surface area contributed by atoms with Crippen molar-refractivity contribution in [1.29, 1.82) is 0 Å². The SMILES string of the molecule is Nc1cccc(NC(=O)Nc2cccc(F)c2F)c1. The van der Waals surface area contributed by atoms with Gasteiger partial charge in [-0.15, -0.1) is 0 Å². The molecule has 0 aliphatic heterocycles. The molecule has 0 aromatic heterocycles. The third-order valence-corrected chi connectivity index (χ3v) is 2.34. The van der Waals surface area contributed by atoms with Gasteiger partial charge in [-0.05, 0) is 30.3 Å². The summed E-state index contributed by atoms with van der Waals surface area (Å²) in [6.07, 6.45) is 0. The highest BCUT2D eigenvalue weighted by Gasteiger charge is 2.10. The lowest BCUT2D eigenvalue weighted by Crippen LogP contribution is -2.20. The Bertz CT molecular complexity index is 617. The van der Waals surface area contributed by atoms with Crippen LogP contribution >= 0.6 is 0 Å². The molecule has 98 valence electrons. The molecule has 2 aromatic carbocycles. The molecule has 0 heterocycles. The van der Waals surface area contributed by atoms with Crippen LogP contribution in [0.4, 0.5) is 30.6 Å². The fraction of sp³-hybridized carbons (Fsp3) is 0. The van der Waals surface area contributed by atoms with E-state index in [4.69, 9.17) is 5.73 Å². The molecule has 0 unspecified atom stereocenters. The summed E-state index contributed by atoms with van der Waals surface area (Å²) in [7, 11) is 0. The van der Waals surface area contributed by atoms with Crippen molar-refractivity contribution in [2.45, 2.75) is 0 Å². The number of urea groups is 1. The van der Waals surface area contributed by atoms with Crippen LogP contribution in [0.3, 0.4) is 0 Å². The topological polar surface area (TPSA) is 67.1 Å². The number of carbonyl (C=O) groups excluding carboxylic acids is 1. The molecule has 0 saturated carbocycles. The summed E-state index contributed by atoms with van der Waals surface area (Å²) in [5.41, 5.74) is 6.25. The number of halogens is 2. The maximum atomic E-state index is 13.3.